The van der Waals surface area contributed by atoms with Gasteiger partial charge in [0.05, 0.1) is 12.6 Å². The monoisotopic (exact) mass is 200 g/mol. The highest BCUT2D eigenvalue weighted by molar-refractivity contribution is 5.83. The first-order chi connectivity index (χ1) is 7.36. The van der Waals surface area contributed by atoms with Gasteiger partial charge in [0.25, 0.3) is 0 Å². The molecular formula is C12H12N2O. The third-order valence-electron chi connectivity index (χ3n) is 2.79. The van der Waals surface area contributed by atoms with Gasteiger partial charge in [-0.1, -0.05) is 0 Å². The van der Waals surface area contributed by atoms with Crippen molar-refractivity contribution >= 4 is 16.7 Å². The molecule has 0 bridgehead atoms. The molecule has 3 heteroatoms. The van der Waals surface area contributed by atoms with Gasteiger partial charge in [0.15, 0.2) is 0 Å². The predicted molar refractivity (Wildman–Crippen MR) is 60.5 cm³/mol. The van der Waals surface area contributed by atoms with E-state index in [1.54, 1.807) is 7.11 Å². The fourth-order valence-electron chi connectivity index (χ4n) is 1.98. The third kappa shape index (κ3) is 1.31. The predicted octanol–water partition coefficient (Wildman–Crippen LogP) is 2.21. The lowest BCUT2D eigenvalue weighted by molar-refractivity contribution is 0.415. The first-order valence-corrected chi connectivity index (χ1v) is 5.08. The second kappa shape index (κ2) is 3.12. The SMILES string of the molecule is COc1ccc2cc3c(nc2c1)NCC3. The average Bonchev–Trinajstić information content (AvgIpc) is 2.72. The number of ether oxygens (including phenoxy) is 1. The number of pyridine rings is 1. The molecule has 0 saturated carbocycles. The lowest BCUT2D eigenvalue weighted by Gasteiger charge is -2.04. The van der Waals surface area contributed by atoms with Gasteiger partial charge in [-0.25, -0.2) is 4.98 Å². The Morgan fingerprint density at radius 3 is 3.13 bits per heavy atom. The van der Waals surface area contributed by atoms with Gasteiger partial charge < -0.3 is 10.1 Å². The molecule has 0 saturated heterocycles. The molecule has 2 heterocycles. The summed E-state index contributed by atoms with van der Waals surface area (Å²) in [4.78, 5) is 4.57. The van der Waals surface area contributed by atoms with E-state index in [1.165, 1.54) is 10.9 Å². The van der Waals surface area contributed by atoms with Crippen LogP contribution in [0.3, 0.4) is 0 Å². The number of anilines is 1. The minimum absolute atomic E-state index is 0.855. The number of methoxy groups -OCH3 is 1. The van der Waals surface area contributed by atoms with Crippen molar-refractivity contribution in [3.05, 3.63) is 29.8 Å². The summed E-state index contributed by atoms with van der Waals surface area (Å²) in [6.07, 6.45) is 1.07. The van der Waals surface area contributed by atoms with Gasteiger partial charge in [-0.2, -0.15) is 0 Å². The normalized spacial score (nSPS) is 13.7. The van der Waals surface area contributed by atoms with Crippen LogP contribution < -0.4 is 10.1 Å². The maximum absolute atomic E-state index is 5.18. The Morgan fingerprint density at radius 1 is 1.33 bits per heavy atom. The van der Waals surface area contributed by atoms with Crippen molar-refractivity contribution in [3.8, 4) is 5.75 Å². The van der Waals surface area contributed by atoms with Crippen molar-refractivity contribution in [1.29, 1.82) is 0 Å². The van der Waals surface area contributed by atoms with Crippen LogP contribution in [-0.2, 0) is 6.42 Å². The number of fused-ring (bicyclic) bond motifs is 2. The minimum Gasteiger partial charge on any atom is -0.497 e. The number of benzene rings is 1. The van der Waals surface area contributed by atoms with Crippen LogP contribution in [0.1, 0.15) is 5.56 Å². The van der Waals surface area contributed by atoms with Gasteiger partial charge in [-0.3, -0.25) is 0 Å². The van der Waals surface area contributed by atoms with Gasteiger partial charge in [-0.15, -0.1) is 0 Å². The van der Waals surface area contributed by atoms with E-state index in [1.807, 2.05) is 12.1 Å². The van der Waals surface area contributed by atoms with Gasteiger partial charge >= 0.3 is 0 Å². The molecule has 3 rings (SSSR count). The number of hydrogen-bond donors (Lipinski definition) is 1. The summed E-state index contributed by atoms with van der Waals surface area (Å²) in [5.74, 6) is 1.88. The molecule has 0 spiro atoms. The van der Waals surface area contributed by atoms with E-state index in [9.17, 15) is 0 Å². The first kappa shape index (κ1) is 8.53. The zero-order chi connectivity index (χ0) is 10.3. The molecule has 0 fully saturated rings. The molecule has 1 aliphatic heterocycles. The summed E-state index contributed by atoms with van der Waals surface area (Å²) < 4.78 is 5.18. The Hall–Kier alpha value is -1.77. The number of nitrogens with zero attached hydrogens (tertiary/aromatic N) is 1. The fraction of sp³-hybridized carbons (Fsp3) is 0.250. The highest BCUT2D eigenvalue weighted by Gasteiger charge is 2.12. The van der Waals surface area contributed by atoms with Crippen molar-refractivity contribution in [2.24, 2.45) is 0 Å². The molecule has 1 aromatic heterocycles. The van der Waals surface area contributed by atoms with Crippen LogP contribution in [0, 0.1) is 0 Å². The second-order valence-corrected chi connectivity index (χ2v) is 3.73. The highest BCUT2D eigenvalue weighted by Crippen LogP contribution is 2.26. The van der Waals surface area contributed by atoms with Crippen LogP contribution >= 0.6 is 0 Å². The van der Waals surface area contributed by atoms with E-state index in [-0.39, 0.29) is 0 Å². The van der Waals surface area contributed by atoms with E-state index >= 15 is 0 Å². The van der Waals surface area contributed by atoms with E-state index in [4.69, 9.17) is 4.74 Å². The number of nitrogens with one attached hydrogen (secondary N) is 1. The smallest absolute Gasteiger partial charge is 0.129 e. The van der Waals surface area contributed by atoms with Gasteiger partial charge in [0.1, 0.15) is 11.6 Å². The van der Waals surface area contributed by atoms with E-state index in [0.29, 0.717) is 0 Å². The summed E-state index contributed by atoms with van der Waals surface area (Å²) in [6.45, 7) is 0.996. The van der Waals surface area contributed by atoms with Crippen LogP contribution in [0.15, 0.2) is 24.3 Å². The Balaban J connectivity index is 2.24. The molecule has 3 nitrogen and oxygen atoms in total. The zero-order valence-corrected chi connectivity index (χ0v) is 8.58. The summed E-state index contributed by atoms with van der Waals surface area (Å²) in [6, 6.07) is 8.20. The zero-order valence-electron chi connectivity index (χ0n) is 8.58. The molecule has 0 atom stereocenters. The second-order valence-electron chi connectivity index (χ2n) is 3.73. The summed E-state index contributed by atoms with van der Waals surface area (Å²) in [7, 11) is 1.67. The van der Waals surface area contributed by atoms with Crippen LogP contribution in [0.5, 0.6) is 5.75 Å². The number of aromatic nitrogens is 1. The van der Waals surface area contributed by atoms with Crippen LogP contribution in [-0.4, -0.2) is 18.6 Å². The Labute approximate surface area is 88.1 Å². The Morgan fingerprint density at radius 2 is 2.27 bits per heavy atom. The van der Waals surface area contributed by atoms with Crippen LogP contribution in [0.25, 0.3) is 10.9 Å². The molecule has 1 N–H and O–H groups in total. The Kier molecular flexibility index (Phi) is 1.78. The lowest BCUT2D eigenvalue weighted by Crippen LogP contribution is -1.93. The maximum atomic E-state index is 5.18. The van der Waals surface area contributed by atoms with Gasteiger partial charge in [0.2, 0.25) is 0 Å². The van der Waals surface area contributed by atoms with Crippen molar-refractivity contribution in [3.63, 3.8) is 0 Å². The standard InChI is InChI=1S/C12H12N2O/c1-15-10-3-2-8-6-9-4-5-13-12(9)14-11(8)7-10/h2-3,6-7H,4-5H2,1H3,(H,13,14). The molecule has 0 radical (unpaired) electrons. The van der Waals surface area contributed by atoms with Crippen LogP contribution in [0.4, 0.5) is 5.82 Å². The fourth-order valence-corrected chi connectivity index (χ4v) is 1.98. The molecule has 2 aromatic rings. The largest absolute Gasteiger partial charge is 0.497 e. The highest BCUT2D eigenvalue weighted by atomic mass is 16.5. The Bertz CT molecular complexity index is 522. The summed E-state index contributed by atoms with van der Waals surface area (Å²) in [5.41, 5.74) is 2.30. The van der Waals surface area contributed by atoms with E-state index < -0.39 is 0 Å². The lowest BCUT2D eigenvalue weighted by atomic mass is 10.1. The molecular weight excluding hydrogens is 188 g/mol. The molecule has 0 amide bonds. The third-order valence-corrected chi connectivity index (χ3v) is 2.79. The average molecular weight is 200 g/mol. The van der Waals surface area contributed by atoms with Crippen molar-refractivity contribution in [2.45, 2.75) is 6.42 Å². The van der Waals surface area contributed by atoms with E-state index in [2.05, 4.69) is 22.4 Å². The maximum Gasteiger partial charge on any atom is 0.129 e. The van der Waals surface area contributed by atoms with Crippen LogP contribution in [0.2, 0.25) is 0 Å². The number of hydrogen-bond acceptors (Lipinski definition) is 3. The van der Waals surface area contributed by atoms with Crippen molar-refractivity contribution < 1.29 is 4.74 Å². The van der Waals surface area contributed by atoms with E-state index in [0.717, 1.165) is 30.0 Å². The molecule has 1 aromatic carbocycles. The quantitative estimate of drug-likeness (QED) is 0.766. The summed E-state index contributed by atoms with van der Waals surface area (Å²) in [5, 5.41) is 4.46. The minimum atomic E-state index is 0.855. The van der Waals surface area contributed by atoms with Crippen molar-refractivity contribution in [1.82, 2.24) is 4.98 Å². The molecule has 1 aliphatic rings. The van der Waals surface area contributed by atoms with Crippen molar-refractivity contribution in [2.75, 3.05) is 19.0 Å². The molecule has 76 valence electrons. The first-order valence-electron chi connectivity index (χ1n) is 5.08. The topological polar surface area (TPSA) is 34.1 Å². The van der Waals surface area contributed by atoms with Gasteiger partial charge in [-0.05, 0) is 30.2 Å². The number of rotatable bonds is 1. The van der Waals surface area contributed by atoms with Gasteiger partial charge in [0, 0.05) is 18.0 Å². The molecule has 15 heavy (non-hydrogen) atoms. The molecule has 0 unspecified atom stereocenters. The molecule has 0 aliphatic carbocycles. The summed E-state index contributed by atoms with van der Waals surface area (Å²) >= 11 is 0.